The molecule has 0 atom stereocenters. The molecule has 0 radical (unpaired) electrons. The van der Waals surface area contributed by atoms with E-state index in [2.05, 4.69) is 4.98 Å². The summed E-state index contributed by atoms with van der Waals surface area (Å²) in [6, 6.07) is 7.51. The molecule has 19 heavy (non-hydrogen) atoms. The maximum atomic E-state index is 10.9. The van der Waals surface area contributed by atoms with Crippen LogP contribution in [0.3, 0.4) is 0 Å². The van der Waals surface area contributed by atoms with E-state index in [1.165, 1.54) is 0 Å². The summed E-state index contributed by atoms with van der Waals surface area (Å²) in [7, 11) is 0. The molecule has 98 valence electrons. The highest BCUT2D eigenvalue weighted by atomic mass is 16.4. The first-order chi connectivity index (χ1) is 9.10. The number of aryl methyl sites for hydroxylation is 1. The molecule has 0 unspecified atom stereocenters. The van der Waals surface area contributed by atoms with E-state index in [0.29, 0.717) is 23.6 Å². The molecule has 0 aliphatic heterocycles. The summed E-state index contributed by atoms with van der Waals surface area (Å²) in [5.74, 6) is 0.456. The molecule has 2 aromatic rings. The predicted octanol–water partition coefficient (Wildman–Crippen LogP) is 3.53. The Morgan fingerprint density at radius 1 is 1.37 bits per heavy atom. The number of carbonyl (C=O) groups is 1. The van der Waals surface area contributed by atoms with Gasteiger partial charge < -0.3 is 9.52 Å². The van der Waals surface area contributed by atoms with Crippen molar-refractivity contribution in [2.45, 2.75) is 20.3 Å². The first-order valence-electron chi connectivity index (χ1n) is 6.07. The lowest BCUT2D eigenvalue weighted by molar-refractivity contribution is -0.132. The van der Waals surface area contributed by atoms with E-state index < -0.39 is 5.97 Å². The molecule has 0 amide bonds. The van der Waals surface area contributed by atoms with Crippen LogP contribution in [-0.2, 0) is 4.79 Å². The van der Waals surface area contributed by atoms with E-state index in [9.17, 15) is 4.79 Å². The molecule has 0 spiro atoms. The first kappa shape index (κ1) is 13.1. The van der Waals surface area contributed by atoms with Gasteiger partial charge in [-0.25, -0.2) is 9.78 Å². The average Bonchev–Trinajstić information content (AvgIpc) is 2.83. The number of oxazole rings is 1. The zero-order chi connectivity index (χ0) is 13.8. The van der Waals surface area contributed by atoms with Crippen LogP contribution in [0, 0.1) is 6.92 Å². The van der Waals surface area contributed by atoms with Crippen molar-refractivity contribution in [1.82, 2.24) is 4.98 Å². The van der Waals surface area contributed by atoms with E-state index in [-0.39, 0.29) is 0 Å². The van der Waals surface area contributed by atoms with Gasteiger partial charge in [-0.15, -0.1) is 0 Å². The maximum absolute atomic E-state index is 10.9. The molecule has 0 aliphatic carbocycles. The Labute approximate surface area is 111 Å². The number of aliphatic carboxylic acids is 1. The Morgan fingerprint density at radius 2 is 2.05 bits per heavy atom. The summed E-state index contributed by atoms with van der Waals surface area (Å²) in [4.78, 5) is 15.0. The fraction of sp³-hybridized carbons (Fsp3) is 0.200. The van der Waals surface area contributed by atoms with Gasteiger partial charge in [0.25, 0.3) is 0 Å². The van der Waals surface area contributed by atoms with Crippen LogP contribution >= 0.6 is 0 Å². The molecule has 4 heteroatoms. The van der Waals surface area contributed by atoms with Gasteiger partial charge in [0.1, 0.15) is 0 Å². The van der Waals surface area contributed by atoms with Crippen molar-refractivity contribution in [1.29, 1.82) is 0 Å². The van der Waals surface area contributed by atoms with E-state index in [4.69, 9.17) is 9.52 Å². The second kappa shape index (κ2) is 5.52. The molecule has 0 fully saturated rings. The number of hydrogen-bond acceptors (Lipinski definition) is 3. The lowest BCUT2D eigenvalue weighted by Gasteiger charge is -2.00. The van der Waals surface area contributed by atoms with Crippen LogP contribution in [-0.4, -0.2) is 16.1 Å². The Kier molecular flexibility index (Phi) is 3.80. The number of aromatic nitrogens is 1. The van der Waals surface area contributed by atoms with Gasteiger partial charge >= 0.3 is 5.97 Å². The molecule has 1 heterocycles. The normalized spacial score (nSPS) is 11.6. The third-order valence-electron chi connectivity index (χ3n) is 2.81. The molecule has 0 saturated heterocycles. The molecule has 0 saturated carbocycles. The lowest BCUT2D eigenvalue weighted by atomic mass is 10.1. The topological polar surface area (TPSA) is 63.3 Å². The second-order valence-corrected chi connectivity index (χ2v) is 4.19. The Bertz CT molecular complexity index is 609. The van der Waals surface area contributed by atoms with E-state index in [1.54, 1.807) is 19.2 Å². The van der Waals surface area contributed by atoms with E-state index >= 15 is 0 Å². The lowest BCUT2D eigenvalue weighted by Crippen LogP contribution is -1.98. The van der Waals surface area contributed by atoms with Crippen LogP contribution in [0.15, 0.2) is 40.5 Å². The van der Waals surface area contributed by atoms with Crippen LogP contribution < -0.4 is 0 Å². The van der Waals surface area contributed by atoms with Gasteiger partial charge in [0.2, 0.25) is 0 Å². The molecule has 0 aliphatic rings. The highest BCUT2D eigenvalue weighted by Gasteiger charge is 2.06. The van der Waals surface area contributed by atoms with Crippen LogP contribution in [0.25, 0.3) is 17.4 Å². The SMILES string of the molecule is CCC(=Cc1ccc(-c2cnc(C)o2)cc1)C(=O)O. The molecule has 1 aromatic heterocycles. The zero-order valence-electron chi connectivity index (χ0n) is 10.9. The third kappa shape index (κ3) is 3.10. The highest BCUT2D eigenvalue weighted by molar-refractivity contribution is 5.92. The van der Waals surface area contributed by atoms with Gasteiger partial charge in [-0.05, 0) is 18.1 Å². The van der Waals surface area contributed by atoms with Crippen LogP contribution in [0.5, 0.6) is 0 Å². The van der Waals surface area contributed by atoms with E-state index in [0.717, 1.165) is 11.1 Å². The van der Waals surface area contributed by atoms with Crippen molar-refractivity contribution in [2.75, 3.05) is 0 Å². The minimum absolute atomic E-state index is 0.392. The number of benzene rings is 1. The minimum Gasteiger partial charge on any atom is -0.478 e. The maximum Gasteiger partial charge on any atom is 0.331 e. The molecule has 1 aromatic carbocycles. The average molecular weight is 257 g/mol. The fourth-order valence-electron chi connectivity index (χ4n) is 1.75. The van der Waals surface area contributed by atoms with Crippen molar-refractivity contribution < 1.29 is 14.3 Å². The largest absolute Gasteiger partial charge is 0.478 e. The summed E-state index contributed by atoms with van der Waals surface area (Å²) in [6.07, 6.45) is 3.85. The fourth-order valence-corrected chi connectivity index (χ4v) is 1.75. The monoisotopic (exact) mass is 257 g/mol. The van der Waals surface area contributed by atoms with Crippen molar-refractivity contribution in [2.24, 2.45) is 0 Å². The minimum atomic E-state index is -0.877. The van der Waals surface area contributed by atoms with Crippen molar-refractivity contribution >= 4 is 12.0 Å². The van der Waals surface area contributed by atoms with Crippen molar-refractivity contribution in [3.8, 4) is 11.3 Å². The van der Waals surface area contributed by atoms with Crippen molar-refractivity contribution in [3.05, 3.63) is 47.5 Å². The second-order valence-electron chi connectivity index (χ2n) is 4.19. The van der Waals surface area contributed by atoms with Gasteiger partial charge in [-0.3, -0.25) is 0 Å². The van der Waals surface area contributed by atoms with Gasteiger partial charge in [0.05, 0.1) is 6.20 Å². The van der Waals surface area contributed by atoms with Gasteiger partial charge in [0, 0.05) is 18.1 Å². The first-order valence-corrected chi connectivity index (χ1v) is 6.07. The third-order valence-corrected chi connectivity index (χ3v) is 2.81. The molecule has 0 bridgehead atoms. The molecular weight excluding hydrogens is 242 g/mol. The number of rotatable bonds is 4. The number of nitrogens with zero attached hydrogens (tertiary/aromatic N) is 1. The standard InChI is InChI=1S/C15H15NO3/c1-3-12(15(17)18)8-11-4-6-13(7-5-11)14-9-16-10(2)19-14/h4-9H,3H2,1-2H3,(H,17,18). The summed E-state index contributed by atoms with van der Waals surface area (Å²) in [5.41, 5.74) is 2.17. The molecule has 2 rings (SSSR count). The Balaban J connectivity index is 2.26. The summed E-state index contributed by atoms with van der Waals surface area (Å²) < 4.78 is 5.43. The summed E-state index contributed by atoms with van der Waals surface area (Å²) in [5, 5.41) is 8.98. The van der Waals surface area contributed by atoms with Crippen molar-refractivity contribution in [3.63, 3.8) is 0 Å². The van der Waals surface area contributed by atoms with Gasteiger partial charge in [-0.2, -0.15) is 0 Å². The summed E-state index contributed by atoms with van der Waals surface area (Å²) in [6.45, 7) is 3.62. The molecule has 4 nitrogen and oxygen atoms in total. The van der Waals surface area contributed by atoms with Crippen LogP contribution in [0.2, 0.25) is 0 Å². The quantitative estimate of drug-likeness (QED) is 0.851. The van der Waals surface area contributed by atoms with Gasteiger partial charge in [0.15, 0.2) is 11.7 Å². The number of carboxylic acids is 1. The highest BCUT2D eigenvalue weighted by Crippen LogP contribution is 2.21. The van der Waals surface area contributed by atoms with E-state index in [1.807, 2.05) is 31.2 Å². The zero-order valence-corrected chi connectivity index (χ0v) is 10.9. The number of carboxylic acid groups (broad SMARTS) is 1. The Morgan fingerprint density at radius 3 is 2.53 bits per heavy atom. The van der Waals surface area contributed by atoms with Crippen LogP contribution in [0.4, 0.5) is 0 Å². The van der Waals surface area contributed by atoms with Crippen LogP contribution in [0.1, 0.15) is 24.8 Å². The number of hydrogen-bond donors (Lipinski definition) is 1. The summed E-state index contributed by atoms with van der Waals surface area (Å²) >= 11 is 0. The molecular formula is C15H15NO3. The smallest absolute Gasteiger partial charge is 0.331 e. The predicted molar refractivity (Wildman–Crippen MR) is 72.6 cm³/mol. The van der Waals surface area contributed by atoms with Gasteiger partial charge in [-0.1, -0.05) is 31.2 Å². The molecule has 1 N–H and O–H groups in total. The Hall–Kier alpha value is -2.36.